The summed E-state index contributed by atoms with van der Waals surface area (Å²) in [5, 5.41) is 0. The second-order valence-corrected chi connectivity index (χ2v) is 8.31. The van der Waals surface area contributed by atoms with Crippen molar-refractivity contribution in [2.24, 2.45) is 0 Å². The van der Waals surface area contributed by atoms with Crippen LogP contribution in [0.1, 0.15) is 76.7 Å². The number of aryl methyl sites for hydroxylation is 1. The van der Waals surface area contributed by atoms with Crippen molar-refractivity contribution in [3.05, 3.63) is 19.8 Å². The molecule has 0 aliphatic heterocycles. The highest BCUT2D eigenvalue weighted by Crippen LogP contribution is 2.32. The lowest BCUT2D eigenvalue weighted by atomic mass is 10.0. The van der Waals surface area contributed by atoms with Gasteiger partial charge in [0.2, 0.25) is 0 Å². The summed E-state index contributed by atoms with van der Waals surface area (Å²) in [7, 11) is 0. The summed E-state index contributed by atoms with van der Waals surface area (Å²) in [6.45, 7) is 2.28. The molecule has 1 aromatic heterocycles. The first kappa shape index (κ1) is 21.2. The second kappa shape index (κ2) is 13.9. The topological polar surface area (TPSA) is 0 Å². The largest absolute Gasteiger partial charge is 0.316 e. The van der Waals surface area contributed by atoms with Gasteiger partial charge in [0.25, 0.3) is 0 Å². The molecule has 1 rings (SSSR count). The molecule has 0 aliphatic carbocycles. The Kier molecular flexibility index (Phi) is 14.7. The Bertz CT molecular complexity index is 341. The van der Waals surface area contributed by atoms with Gasteiger partial charge in [0.05, 0.1) is 8.12 Å². The van der Waals surface area contributed by atoms with Gasteiger partial charge in [-0.25, -0.2) is 0 Å². The van der Waals surface area contributed by atoms with Gasteiger partial charge in [-0.3, -0.25) is 0 Å². The summed E-state index contributed by atoms with van der Waals surface area (Å²) in [6, 6.07) is 2.17. The lowest BCUT2D eigenvalue weighted by molar-refractivity contribution is 0.556. The van der Waals surface area contributed by atoms with Crippen molar-refractivity contribution in [1.82, 2.24) is 0 Å². The minimum Gasteiger partial charge on any atom is -0.116 e. The first-order valence-corrected chi connectivity index (χ1v) is 9.66. The van der Waals surface area contributed by atoms with Crippen LogP contribution in [0.2, 0.25) is 4.34 Å². The van der Waals surface area contributed by atoms with E-state index in [2.05, 4.69) is 28.9 Å². The Morgan fingerprint density at radius 1 is 0.950 bits per heavy atom. The second-order valence-electron chi connectivity index (χ2n) is 5.28. The molecule has 0 aliphatic rings. The van der Waals surface area contributed by atoms with Crippen molar-refractivity contribution in [2.75, 3.05) is 0 Å². The summed E-state index contributed by atoms with van der Waals surface area (Å²) in [5.41, 5.74) is 1.32. The molecule has 0 aromatic carbocycles. The van der Waals surface area contributed by atoms with Crippen LogP contribution in [0.25, 0.3) is 0 Å². The van der Waals surface area contributed by atoms with E-state index in [1.54, 1.807) is 11.3 Å². The third kappa shape index (κ3) is 10.0. The molecule has 0 bridgehead atoms. The van der Waals surface area contributed by atoms with Crippen molar-refractivity contribution >= 4 is 61.9 Å². The predicted molar refractivity (Wildman–Crippen MR) is 101 cm³/mol. The van der Waals surface area contributed by atoms with Crippen LogP contribution in [0.3, 0.4) is 0 Å². The lowest BCUT2D eigenvalue weighted by Crippen LogP contribution is -1.85. The summed E-state index contributed by atoms with van der Waals surface area (Å²) in [6.07, 6.45) is 15.0. The first-order chi connectivity index (χ1) is 9.24. The van der Waals surface area contributed by atoms with Gasteiger partial charge in [-0.2, -0.15) is 0 Å². The van der Waals surface area contributed by atoms with Crippen molar-refractivity contribution in [3.8, 4) is 0 Å². The molecule has 4 heteroatoms. The molecule has 1 heterocycles. The van der Waals surface area contributed by atoms with E-state index < -0.39 is 0 Å². The SMILES string of the molecule is CCCCCCCCCCCCc1cc(Br)sc1Cl.[MgH2]. The number of rotatable bonds is 11. The van der Waals surface area contributed by atoms with E-state index in [1.807, 2.05) is 0 Å². The van der Waals surface area contributed by atoms with Crippen LogP contribution in [0.5, 0.6) is 0 Å². The maximum absolute atomic E-state index is 6.16. The number of hydrogen-bond donors (Lipinski definition) is 0. The molecule has 0 fully saturated rings. The summed E-state index contributed by atoms with van der Waals surface area (Å²) < 4.78 is 2.11. The Balaban J connectivity index is 0.00000361. The summed E-state index contributed by atoms with van der Waals surface area (Å²) >= 11 is 11.3. The van der Waals surface area contributed by atoms with Gasteiger partial charge in [-0.05, 0) is 40.4 Å². The van der Waals surface area contributed by atoms with Crippen LogP contribution >= 0.6 is 38.9 Å². The van der Waals surface area contributed by atoms with E-state index in [1.165, 1.54) is 69.8 Å². The maximum Gasteiger partial charge on any atom is 0.316 e. The zero-order valence-electron chi connectivity index (χ0n) is 12.0. The van der Waals surface area contributed by atoms with Crippen LogP contribution in [0.4, 0.5) is 0 Å². The average molecular weight is 392 g/mol. The molecule has 114 valence electrons. The smallest absolute Gasteiger partial charge is 0.116 e. The third-order valence-electron chi connectivity index (χ3n) is 3.53. The van der Waals surface area contributed by atoms with Crippen LogP contribution in [0, 0.1) is 0 Å². The number of unbranched alkanes of at least 4 members (excludes halogenated alkanes) is 9. The van der Waals surface area contributed by atoms with Crippen molar-refractivity contribution in [1.29, 1.82) is 0 Å². The van der Waals surface area contributed by atoms with E-state index in [0.717, 1.165) is 14.5 Å². The number of halogens is 2. The maximum atomic E-state index is 6.16. The van der Waals surface area contributed by atoms with E-state index in [-0.39, 0.29) is 23.1 Å². The van der Waals surface area contributed by atoms with Crippen molar-refractivity contribution in [2.45, 2.75) is 77.6 Å². The molecule has 1 aromatic rings. The number of thiophene rings is 1. The minimum absolute atomic E-state index is 0. The molecule has 0 atom stereocenters. The van der Waals surface area contributed by atoms with Gasteiger partial charge in [-0.15, -0.1) is 11.3 Å². The standard InChI is InChI=1S/C16H26BrClS.Mg.2H/c1-2-3-4-5-6-7-8-9-10-11-12-14-13-15(17)19-16(14)18;;;/h13H,2-12H2,1H3;;;. The molecule has 20 heavy (non-hydrogen) atoms. The van der Waals surface area contributed by atoms with E-state index in [9.17, 15) is 0 Å². The van der Waals surface area contributed by atoms with Crippen LogP contribution < -0.4 is 0 Å². The Hall–Kier alpha value is 1.24. The van der Waals surface area contributed by atoms with Gasteiger partial charge >= 0.3 is 23.1 Å². The lowest BCUT2D eigenvalue weighted by Gasteiger charge is -2.02. The minimum atomic E-state index is 0. The zero-order valence-corrected chi connectivity index (χ0v) is 15.2. The Labute approximate surface area is 158 Å². The quantitative estimate of drug-likeness (QED) is 0.290. The van der Waals surface area contributed by atoms with Gasteiger partial charge in [0.15, 0.2) is 0 Å². The van der Waals surface area contributed by atoms with Gasteiger partial charge in [0.1, 0.15) is 0 Å². The Morgan fingerprint density at radius 3 is 1.90 bits per heavy atom. The molecule has 0 nitrogen and oxygen atoms in total. The fourth-order valence-electron chi connectivity index (χ4n) is 2.35. The zero-order chi connectivity index (χ0) is 13.9. The normalized spacial score (nSPS) is 10.6. The molecule has 0 N–H and O–H groups in total. The van der Waals surface area contributed by atoms with Crippen molar-refractivity contribution in [3.63, 3.8) is 0 Å². The first-order valence-electron chi connectivity index (χ1n) is 7.67. The number of hydrogen-bond acceptors (Lipinski definition) is 1. The van der Waals surface area contributed by atoms with Gasteiger partial charge in [0, 0.05) is 0 Å². The van der Waals surface area contributed by atoms with Crippen LogP contribution in [0.15, 0.2) is 9.85 Å². The fraction of sp³-hybridized carbons (Fsp3) is 0.750. The van der Waals surface area contributed by atoms with Crippen LogP contribution in [-0.2, 0) is 6.42 Å². The fourth-order valence-corrected chi connectivity index (χ4v) is 4.45. The highest BCUT2D eigenvalue weighted by atomic mass is 79.9. The molecular weight excluding hydrogens is 364 g/mol. The molecule has 0 spiro atoms. The third-order valence-corrected chi connectivity index (χ3v) is 5.47. The Morgan fingerprint density at radius 2 is 1.45 bits per heavy atom. The molecular formula is C16H28BrClMgS. The van der Waals surface area contributed by atoms with Crippen LogP contribution in [-0.4, -0.2) is 23.1 Å². The molecule has 0 amide bonds. The highest BCUT2D eigenvalue weighted by Gasteiger charge is 2.04. The predicted octanol–water partition coefficient (Wildman–Crippen LogP) is 6.71. The summed E-state index contributed by atoms with van der Waals surface area (Å²) in [5.74, 6) is 0. The monoisotopic (exact) mass is 390 g/mol. The molecule has 0 radical (unpaired) electrons. The molecule has 0 saturated carbocycles. The summed E-state index contributed by atoms with van der Waals surface area (Å²) in [4.78, 5) is 0. The highest BCUT2D eigenvalue weighted by molar-refractivity contribution is 9.11. The van der Waals surface area contributed by atoms with Gasteiger partial charge < -0.3 is 0 Å². The van der Waals surface area contributed by atoms with E-state index in [0.29, 0.717) is 0 Å². The molecule has 0 saturated heterocycles. The molecule has 0 unspecified atom stereocenters. The van der Waals surface area contributed by atoms with E-state index in [4.69, 9.17) is 11.6 Å². The van der Waals surface area contributed by atoms with E-state index >= 15 is 0 Å². The van der Waals surface area contributed by atoms with Crippen molar-refractivity contribution < 1.29 is 0 Å². The van der Waals surface area contributed by atoms with Gasteiger partial charge in [-0.1, -0.05) is 76.3 Å². The average Bonchev–Trinajstić information content (AvgIpc) is 2.70.